The van der Waals surface area contributed by atoms with Crippen molar-refractivity contribution in [2.45, 2.75) is 94.3 Å². The molecule has 2 aliphatic rings. The third-order valence-electron chi connectivity index (χ3n) is 13.0. The lowest BCUT2D eigenvalue weighted by Gasteiger charge is -2.27. The highest BCUT2D eigenvalue weighted by atomic mass is 16.6. The van der Waals surface area contributed by atoms with Crippen molar-refractivity contribution >= 4 is 87.9 Å². The molecule has 3 aromatic carbocycles. The van der Waals surface area contributed by atoms with E-state index in [0.717, 1.165) is 27.0 Å². The summed E-state index contributed by atoms with van der Waals surface area (Å²) in [6.07, 6.45) is -5.15. The van der Waals surface area contributed by atoms with Gasteiger partial charge in [0.1, 0.15) is 59.4 Å². The fourth-order valence-electron chi connectivity index (χ4n) is 8.64. The first-order valence-electron chi connectivity index (χ1n) is 26.5. The number of amides is 11. The number of phenolic OH excluding ortho intramolecular Hbond substituents is 1. The molecule has 3 aromatic rings. The molecule has 0 fully saturated rings. The molecule has 0 saturated carbocycles. The van der Waals surface area contributed by atoms with Crippen molar-refractivity contribution in [3.8, 4) is 28.2 Å². The minimum absolute atomic E-state index is 0.0549. The standard InChI is InChI=1S/C56H63N11O21/c1-25(49(78)66-47(26(2)69)55(84)63-36(48(58)77)17-27-7-5-4-6-8-27)60-52(81)37(21-43(73)67-87-3)64-51(80)35(15-16-42(57)72)62-53(82)38(22-45(75)76)65-54(83)39(24-68)61-44(74)23-59-50(79)28-9-12-31(34(18-28)56(85)86)46-32-13-10-29(70)19-40(32)88-41-20-30(71)11-14-33(41)46/h4-14,18-20,25-26,35-39,47,68-70H,15-17,21-24H2,1-3H3,(H2,57,72)(H2,58,77)(H,59,79)(H,60,81)(H,61,74)(H,62,82)(H,63,84)(H,64,80)(H,65,83)(H,66,78)(H,67,73)(H,75,76)(H,85,86)/t25-,26+,35-,36-,37-,38-,39-,47-/m0/s1. The van der Waals surface area contributed by atoms with Crippen LogP contribution in [0, 0.1) is 0 Å². The molecule has 32 nitrogen and oxygen atoms in total. The fraction of sp³-hybridized carbons (Fsp3) is 0.321. The number of aliphatic hydroxyl groups is 2. The highest BCUT2D eigenvalue weighted by molar-refractivity contribution is 6.09. The van der Waals surface area contributed by atoms with Gasteiger partial charge in [-0.25, -0.2) is 10.3 Å². The first-order chi connectivity index (χ1) is 41.6. The predicted molar refractivity (Wildman–Crippen MR) is 303 cm³/mol. The summed E-state index contributed by atoms with van der Waals surface area (Å²) < 4.78 is 5.83. The molecule has 468 valence electrons. The number of carbonyl (C=O) groups is 13. The van der Waals surface area contributed by atoms with Crippen molar-refractivity contribution < 1.29 is 97.1 Å². The Kier molecular flexibility index (Phi) is 24.2. The lowest BCUT2D eigenvalue weighted by atomic mass is 9.90. The highest BCUT2D eigenvalue weighted by Crippen LogP contribution is 2.42. The molecular weight excluding hydrogens is 1160 g/mol. The number of benzene rings is 4. The molecule has 0 spiro atoms. The second kappa shape index (κ2) is 31.3. The number of primary amides is 2. The number of hydrogen-bond acceptors (Lipinski definition) is 19. The van der Waals surface area contributed by atoms with Crippen LogP contribution in [-0.2, 0) is 64.0 Å². The Bertz CT molecular complexity index is 3520. The van der Waals surface area contributed by atoms with Gasteiger partial charge in [-0.15, -0.1) is 0 Å². The first-order valence-corrected chi connectivity index (χ1v) is 26.5. The zero-order valence-corrected chi connectivity index (χ0v) is 47.1. The minimum Gasteiger partial charge on any atom is -0.508 e. The van der Waals surface area contributed by atoms with Gasteiger partial charge in [-0.3, -0.25) is 67.2 Å². The minimum atomic E-state index is -2.13. The number of rotatable bonds is 31. The van der Waals surface area contributed by atoms with Crippen LogP contribution in [-0.4, -0.2) is 171 Å². The van der Waals surface area contributed by atoms with E-state index in [9.17, 15) is 92.7 Å². The van der Waals surface area contributed by atoms with Crippen LogP contribution in [0.2, 0.25) is 0 Å². The summed E-state index contributed by atoms with van der Waals surface area (Å²) in [5.74, 6) is -16.1. The average molecular weight is 1230 g/mol. The van der Waals surface area contributed by atoms with E-state index in [1.54, 1.807) is 30.3 Å². The molecule has 1 aliphatic heterocycles. The summed E-state index contributed by atoms with van der Waals surface area (Å²) in [7, 11) is 1.03. The number of carbonyl (C=O) groups excluding carboxylic acids is 11. The molecule has 18 N–H and O–H groups in total. The van der Waals surface area contributed by atoms with Crippen LogP contribution in [0.25, 0.3) is 33.4 Å². The molecule has 8 atom stereocenters. The van der Waals surface area contributed by atoms with Crippen LogP contribution >= 0.6 is 0 Å². The number of aliphatic carboxylic acids is 1. The Hall–Kier alpha value is -10.9. The number of aromatic hydroxyl groups is 1. The maximum atomic E-state index is 13.9. The van der Waals surface area contributed by atoms with Gasteiger partial charge >= 0.3 is 11.9 Å². The first kappa shape index (κ1) is 67.9. The van der Waals surface area contributed by atoms with Crippen molar-refractivity contribution in [1.82, 2.24) is 48.0 Å². The molecule has 0 unspecified atom stereocenters. The predicted octanol–water partition coefficient (Wildman–Crippen LogP) is -3.98. The Morgan fingerprint density at radius 1 is 0.636 bits per heavy atom. The van der Waals surface area contributed by atoms with Gasteiger partial charge in [0.2, 0.25) is 59.1 Å². The number of phenols is 1. The molecule has 1 heterocycles. The lowest BCUT2D eigenvalue weighted by molar-refractivity contribution is -0.141. The number of aliphatic hydroxyl groups excluding tert-OH is 2. The van der Waals surface area contributed by atoms with Crippen LogP contribution in [0.5, 0.6) is 5.75 Å². The van der Waals surface area contributed by atoms with E-state index in [-0.39, 0.29) is 40.2 Å². The van der Waals surface area contributed by atoms with Crippen LogP contribution < -0.4 is 64.9 Å². The molecule has 1 aliphatic carbocycles. The second-order valence-electron chi connectivity index (χ2n) is 19.7. The summed E-state index contributed by atoms with van der Waals surface area (Å²) in [4.78, 5) is 186. The van der Waals surface area contributed by atoms with E-state index < -0.39 is 175 Å². The number of nitrogens with two attached hydrogens (primary N) is 2. The third-order valence-corrected chi connectivity index (χ3v) is 13.0. The summed E-state index contributed by atoms with van der Waals surface area (Å²) in [5.41, 5.74) is 13.0. The number of fused-ring (bicyclic) bond motifs is 2. The number of aromatic carboxylic acids is 1. The molecule has 0 aromatic heterocycles. The lowest BCUT2D eigenvalue weighted by Crippen LogP contribution is -2.61. The van der Waals surface area contributed by atoms with Gasteiger partial charge in [-0.05, 0) is 67.8 Å². The summed E-state index contributed by atoms with van der Waals surface area (Å²) in [6.45, 7) is 0.120. The van der Waals surface area contributed by atoms with Gasteiger partial charge in [0, 0.05) is 47.1 Å². The number of hydrogen-bond donors (Lipinski definition) is 16. The van der Waals surface area contributed by atoms with Crippen LogP contribution in [0.4, 0.5) is 0 Å². The van der Waals surface area contributed by atoms with Gasteiger partial charge in [0.05, 0.1) is 44.8 Å². The largest absolute Gasteiger partial charge is 0.508 e. The summed E-state index contributed by atoms with van der Waals surface area (Å²) in [6, 6.07) is 7.14. The summed E-state index contributed by atoms with van der Waals surface area (Å²) >= 11 is 0. The smallest absolute Gasteiger partial charge is 0.336 e. The molecule has 0 bridgehead atoms. The molecule has 0 radical (unpaired) electrons. The number of nitrogens with one attached hydrogen (secondary N) is 9. The quantitative estimate of drug-likeness (QED) is 0.0149. The maximum Gasteiger partial charge on any atom is 0.336 e. The second-order valence-corrected chi connectivity index (χ2v) is 19.7. The normalized spacial score (nSPS) is 13.7. The van der Waals surface area contributed by atoms with Gasteiger partial charge in [-0.1, -0.05) is 36.4 Å². The fourth-order valence-corrected chi connectivity index (χ4v) is 8.64. The van der Waals surface area contributed by atoms with Crippen molar-refractivity contribution in [2.24, 2.45) is 11.5 Å². The number of carboxylic acids is 2. The van der Waals surface area contributed by atoms with Gasteiger partial charge in [0.15, 0.2) is 5.43 Å². The van der Waals surface area contributed by atoms with Crippen molar-refractivity contribution in [1.29, 1.82) is 0 Å². The molecule has 0 saturated heterocycles. The monoisotopic (exact) mass is 1230 g/mol. The van der Waals surface area contributed by atoms with Crippen LogP contribution in [0.15, 0.2) is 94.1 Å². The van der Waals surface area contributed by atoms with E-state index in [1.165, 1.54) is 48.5 Å². The molecular formula is C56H63N11O21. The number of carboxylic acid groups (broad SMARTS) is 2. The molecule has 32 heteroatoms. The molecule has 88 heavy (non-hydrogen) atoms. The Balaban J connectivity index is 1.25. The Morgan fingerprint density at radius 2 is 1.25 bits per heavy atom. The van der Waals surface area contributed by atoms with Gasteiger partial charge in [-0.2, -0.15) is 0 Å². The van der Waals surface area contributed by atoms with Gasteiger partial charge < -0.3 is 84.0 Å². The average Bonchev–Trinajstić information content (AvgIpc) is 1.75. The van der Waals surface area contributed by atoms with E-state index in [1.807, 2.05) is 10.8 Å². The zero-order chi connectivity index (χ0) is 65.1. The Morgan fingerprint density at radius 3 is 1.86 bits per heavy atom. The maximum absolute atomic E-state index is 13.9. The SMILES string of the molecule is CONC(=O)C[C@H](NC(=O)[C@H](CCC(N)=O)NC(=O)[C@H](CC(=O)O)NC(=O)[C@H](CO)NC(=O)CNC(=O)c1ccc(-c2c3ccc(=O)cc-3oc3cc(O)ccc23)c(C(=O)O)c1)C(=O)N[C@@H](C)C(=O)N[C@H](C(=O)N[C@@H](Cc1ccccc1)C(N)=O)[C@@H](C)O. The third kappa shape index (κ3) is 19.1. The Labute approximate surface area is 497 Å². The van der Waals surface area contributed by atoms with E-state index in [2.05, 4.69) is 42.1 Å². The van der Waals surface area contributed by atoms with Crippen molar-refractivity contribution in [2.75, 3.05) is 20.3 Å². The van der Waals surface area contributed by atoms with Crippen LogP contribution in [0.3, 0.4) is 0 Å². The highest BCUT2D eigenvalue weighted by Gasteiger charge is 2.36. The van der Waals surface area contributed by atoms with Crippen molar-refractivity contribution in [3.63, 3.8) is 0 Å². The van der Waals surface area contributed by atoms with Gasteiger partial charge in [0.25, 0.3) is 5.91 Å². The van der Waals surface area contributed by atoms with Crippen molar-refractivity contribution in [3.05, 3.63) is 112 Å². The number of hydroxylamine groups is 1. The van der Waals surface area contributed by atoms with E-state index in [4.69, 9.17) is 15.9 Å². The topological polar surface area (TPSA) is 523 Å². The summed E-state index contributed by atoms with van der Waals surface area (Å²) in [5, 5.41) is 68.5. The molecule has 5 rings (SSSR count). The van der Waals surface area contributed by atoms with E-state index >= 15 is 0 Å². The molecule has 11 amide bonds. The van der Waals surface area contributed by atoms with E-state index in [0.29, 0.717) is 16.5 Å². The zero-order valence-electron chi connectivity index (χ0n) is 47.1. The van der Waals surface area contributed by atoms with Crippen LogP contribution in [0.1, 0.15) is 65.8 Å².